The van der Waals surface area contributed by atoms with Crippen molar-refractivity contribution in [2.75, 3.05) is 6.54 Å². The molecule has 0 aromatic carbocycles. The Labute approximate surface area is 131 Å². The fourth-order valence-electron chi connectivity index (χ4n) is 2.07. The smallest absolute Gasteiger partial charge is 0.408 e. The van der Waals surface area contributed by atoms with Crippen molar-refractivity contribution in [3.8, 4) is 0 Å². The van der Waals surface area contributed by atoms with Gasteiger partial charge in [0.2, 0.25) is 0 Å². The summed E-state index contributed by atoms with van der Waals surface area (Å²) in [6.07, 6.45) is 3.13. The monoisotopic (exact) mass is 300 g/mol. The zero-order valence-electron chi connectivity index (χ0n) is 15.3. The molecule has 0 aliphatic carbocycles. The van der Waals surface area contributed by atoms with E-state index < -0.39 is 5.60 Å². The topological polar surface area (TPSA) is 50.4 Å². The Morgan fingerprint density at radius 3 is 2.10 bits per heavy atom. The van der Waals surface area contributed by atoms with E-state index in [0.717, 1.165) is 18.9 Å². The van der Waals surface area contributed by atoms with Crippen LogP contribution >= 0.6 is 0 Å². The number of hydrogen-bond acceptors (Lipinski definition) is 3. The lowest BCUT2D eigenvalue weighted by molar-refractivity contribution is 0.0470. The summed E-state index contributed by atoms with van der Waals surface area (Å²) in [6.45, 7) is 17.1. The molecule has 0 saturated carbocycles. The van der Waals surface area contributed by atoms with Crippen molar-refractivity contribution in [3.63, 3.8) is 0 Å². The van der Waals surface area contributed by atoms with Gasteiger partial charge in [0.15, 0.2) is 0 Å². The summed E-state index contributed by atoms with van der Waals surface area (Å²) in [5.41, 5.74) is -0.790. The number of alkyl carbamates (subject to hydrolysis) is 1. The van der Waals surface area contributed by atoms with Gasteiger partial charge in [-0.05, 0) is 53.4 Å². The third kappa shape index (κ3) is 10.6. The fourth-order valence-corrected chi connectivity index (χ4v) is 2.07. The van der Waals surface area contributed by atoms with E-state index >= 15 is 0 Å². The molecule has 21 heavy (non-hydrogen) atoms. The van der Waals surface area contributed by atoms with E-state index in [1.54, 1.807) is 0 Å². The van der Waals surface area contributed by atoms with Gasteiger partial charge < -0.3 is 15.4 Å². The lowest BCUT2D eigenvalue weighted by Crippen LogP contribution is -2.53. The molecular weight excluding hydrogens is 264 g/mol. The number of carbonyl (C=O) groups excluding carboxylic acids is 1. The molecule has 0 spiro atoms. The van der Waals surface area contributed by atoms with E-state index in [1.807, 2.05) is 34.6 Å². The van der Waals surface area contributed by atoms with Gasteiger partial charge in [-0.1, -0.05) is 27.2 Å². The van der Waals surface area contributed by atoms with Gasteiger partial charge >= 0.3 is 6.09 Å². The highest BCUT2D eigenvalue weighted by molar-refractivity contribution is 5.68. The van der Waals surface area contributed by atoms with Crippen LogP contribution in [0, 0.1) is 5.92 Å². The molecule has 2 unspecified atom stereocenters. The molecule has 4 heteroatoms. The van der Waals surface area contributed by atoms with Crippen molar-refractivity contribution in [3.05, 3.63) is 0 Å². The normalized spacial score (nSPS) is 15.4. The van der Waals surface area contributed by atoms with Crippen LogP contribution in [0.15, 0.2) is 0 Å². The first-order chi connectivity index (χ1) is 9.49. The number of carbonyl (C=O) groups is 1. The molecule has 0 aromatic heterocycles. The molecule has 0 aliphatic rings. The van der Waals surface area contributed by atoms with Crippen molar-refractivity contribution in [1.82, 2.24) is 10.6 Å². The number of amides is 1. The summed E-state index contributed by atoms with van der Waals surface area (Å²) < 4.78 is 5.31. The first-order valence-corrected chi connectivity index (χ1v) is 8.23. The van der Waals surface area contributed by atoms with Crippen molar-refractivity contribution in [2.45, 2.75) is 91.8 Å². The minimum Gasteiger partial charge on any atom is -0.444 e. The van der Waals surface area contributed by atoms with E-state index in [1.165, 1.54) is 12.8 Å². The second kappa shape index (κ2) is 8.62. The predicted octanol–water partition coefficient (Wildman–Crippen LogP) is 4.09. The third-order valence-corrected chi connectivity index (χ3v) is 3.55. The van der Waals surface area contributed by atoms with Crippen molar-refractivity contribution < 1.29 is 9.53 Å². The Hall–Kier alpha value is -0.770. The quantitative estimate of drug-likeness (QED) is 0.709. The Morgan fingerprint density at radius 2 is 1.67 bits per heavy atom. The summed E-state index contributed by atoms with van der Waals surface area (Å²) >= 11 is 0. The maximum Gasteiger partial charge on any atom is 0.408 e. The molecule has 126 valence electrons. The summed E-state index contributed by atoms with van der Waals surface area (Å²) in [4.78, 5) is 11.9. The molecule has 0 bridgehead atoms. The van der Waals surface area contributed by atoms with Crippen molar-refractivity contribution in [2.24, 2.45) is 5.92 Å². The van der Waals surface area contributed by atoms with Crippen LogP contribution in [0.25, 0.3) is 0 Å². The van der Waals surface area contributed by atoms with Crippen LogP contribution in [0.1, 0.15) is 74.7 Å². The van der Waals surface area contributed by atoms with Gasteiger partial charge in [-0.25, -0.2) is 4.79 Å². The van der Waals surface area contributed by atoms with Crippen LogP contribution in [-0.2, 0) is 4.74 Å². The van der Waals surface area contributed by atoms with Gasteiger partial charge in [0, 0.05) is 12.6 Å². The molecule has 0 saturated heterocycles. The molecular formula is C17H36N2O2. The van der Waals surface area contributed by atoms with E-state index in [2.05, 4.69) is 31.4 Å². The fraction of sp³-hybridized carbons (Fsp3) is 0.941. The van der Waals surface area contributed by atoms with E-state index in [-0.39, 0.29) is 11.6 Å². The third-order valence-electron chi connectivity index (χ3n) is 3.55. The molecule has 1 amide bonds. The lowest BCUT2D eigenvalue weighted by Gasteiger charge is -2.31. The Balaban J connectivity index is 4.30. The molecule has 0 heterocycles. The minimum absolute atomic E-state index is 0.328. The van der Waals surface area contributed by atoms with Gasteiger partial charge in [0.05, 0.1) is 5.54 Å². The van der Waals surface area contributed by atoms with E-state index in [0.29, 0.717) is 6.04 Å². The molecule has 0 rings (SSSR count). The molecule has 2 N–H and O–H groups in total. The van der Waals surface area contributed by atoms with E-state index in [9.17, 15) is 4.79 Å². The van der Waals surface area contributed by atoms with E-state index in [4.69, 9.17) is 4.74 Å². The first-order valence-electron chi connectivity index (χ1n) is 8.23. The zero-order chi connectivity index (χ0) is 16.7. The van der Waals surface area contributed by atoms with Crippen LogP contribution in [0.2, 0.25) is 0 Å². The summed E-state index contributed by atoms with van der Waals surface area (Å²) in [7, 11) is 0. The van der Waals surface area contributed by atoms with Crippen LogP contribution in [0.4, 0.5) is 4.79 Å². The standard InChI is InChI=1S/C17H36N2O2/c1-9-13(3)11-14(10-2)18-12-17(7,8)19-15(20)21-16(4,5)6/h13-14,18H,9-12H2,1-8H3,(H,19,20). The molecule has 0 fully saturated rings. The summed E-state index contributed by atoms with van der Waals surface area (Å²) in [6, 6.07) is 0.500. The highest BCUT2D eigenvalue weighted by Crippen LogP contribution is 2.13. The Kier molecular flexibility index (Phi) is 8.30. The lowest BCUT2D eigenvalue weighted by atomic mass is 9.96. The second-order valence-electron chi connectivity index (χ2n) is 7.75. The molecule has 4 nitrogen and oxygen atoms in total. The van der Waals surface area contributed by atoms with Crippen LogP contribution in [-0.4, -0.2) is 29.8 Å². The minimum atomic E-state index is -0.462. The number of hydrogen-bond donors (Lipinski definition) is 2. The van der Waals surface area contributed by atoms with Gasteiger partial charge in [-0.2, -0.15) is 0 Å². The maximum atomic E-state index is 11.9. The van der Waals surface area contributed by atoms with Crippen molar-refractivity contribution >= 4 is 6.09 Å². The number of rotatable bonds is 8. The first kappa shape index (κ1) is 20.2. The highest BCUT2D eigenvalue weighted by Gasteiger charge is 2.25. The van der Waals surface area contributed by atoms with Gasteiger partial charge in [0.25, 0.3) is 0 Å². The SMILES string of the molecule is CCC(C)CC(CC)NCC(C)(C)NC(=O)OC(C)(C)C. The molecule has 0 aliphatic heterocycles. The predicted molar refractivity (Wildman–Crippen MR) is 89.6 cm³/mol. The summed E-state index contributed by atoms with van der Waals surface area (Å²) in [5.74, 6) is 0.726. The highest BCUT2D eigenvalue weighted by atomic mass is 16.6. The second-order valence-corrected chi connectivity index (χ2v) is 7.75. The van der Waals surface area contributed by atoms with Crippen LogP contribution in [0.5, 0.6) is 0 Å². The Morgan fingerprint density at radius 1 is 1.10 bits per heavy atom. The zero-order valence-corrected chi connectivity index (χ0v) is 15.3. The summed E-state index contributed by atoms with van der Waals surface area (Å²) in [5, 5.41) is 6.51. The average molecular weight is 300 g/mol. The average Bonchev–Trinajstić information content (AvgIpc) is 2.30. The Bertz CT molecular complexity index is 308. The van der Waals surface area contributed by atoms with Gasteiger partial charge in [-0.3, -0.25) is 0 Å². The molecule has 0 aromatic rings. The van der Waals surface area contributed by atoms with Crippen LogP contribution < -0.4 is 10.6 Å². The van der Waals surface area contributed by atoms with Crippen LogP contribution in [0.3, 0.4) is 0 Å². The molecule has 0 radical (unpaired) electrons. The number of ether oxygens (including phenoxy) is 1. The van der Waals surface area contributed by atoms with Gasteiger partial charge in [-0.15, -0.1) is 0 Å². The largest absolute Gasteiger partial charge is 0.444 e. The number of nitrogens with one attached hydrogen (secondary N) is 2. The molecule has 2 atom stereocenters. The maximum absolute atomic E-state index is 11.9. The van der Waals surface area contributed by atoms with Gasteiger partial charge in [0.1, 0.15) is 5.60 Å². The van der Waals surface area contributed by atoms with Crippen molar-refractivity contribution in [1.29, 1.82) is 0 Å².